The van der Waals surface area contributed by atoms with Crippen LogP contribution >= 0.6 is 35.3 Å². The van der Waals surface area contributed by atoms with Gasteiger partial charge in [-0.2, -0.15) is 0 Å². The van der Waals surface area contributed by atoms with Gasteiger partial charge in [-0.25, -0.2) is 4.98 Å². The summed E-state index contributed by atoms with van der Waals surface area (Å²) in [6, 6.07) is 17.2. The Bertz CT molecular complexity index is 943. The lowest BCUT2D eigenvalue weighted by Gasteiger charge is -2.44. The number of thiazole rings is 1. The summed E-state index contributed by atoms with van der Waals surface area (Å²) in [4.78, 5) is 7.43. The largest absolute Gasteiger partial charge is 0.385 e. The van der Waals surface area contributed by atoms with E-state index in [1.165, 1.54) is 35.4 Å². The summed E-state index contributed by atoms with van der Waals surface area (Å²) >= 11 is 7.86. The average molecular weight is 463 g/mol. The van der Waals surface area contributed by atoms with Gasteiger partial charge in [0.05, 0.1) is 20.8 Å². The first kappa shape index (κ1) is 22.0. The second-order valence-corrected chi connectivity index (χ2v) is 10.2. The van der Waals surface area contributed by atoms with E-state index in [0.29, 0.717) is 12.1 Å². The zero-order valence-corrected chi connectivity index (χ0v) is 19.4. The highest BCUT2D eigenvalue weighted by molar-refractivity contribution is 7.18. The molecule has 3 aromatic rings. The standard InChI is InChI=1S/C24H27ClN2OS.ClH/c25-18-10-8-17(9-11-18)24(28)15-19-12-13-20(16-24)27(19)14-4-3-7-23-26-21-5-1-2-6-22(21)29-23;/h1-2,5-6,8-11,19-20,28H,3-4,7,12-16H2;1H. The molecule has 0 radical (unpaired) electrons. The van der Waals surface area contributed by atoms with Crippen LogP contribution < -0.4 is 0 Å². The molecule has 3 nitrogen and oxygen atoms in total. The number of piperidine rings is 1. The Balaban J connectivity index is 0.00000218. The fourth-order valence-electron chi connectivity index (χ4n) is 5.27. The third kappa shape index (κ3) is 4.39. The van der Waals surface area contributed by atoms with E-state index in [9.17, 15) is 5.11 Å². The van der Waals surface area contributed by atoms with Gasteiger partial charge in [-0.15, -0.1) is 23.7 Å². The first-order valence-electron chi connectivity index (χ1n) is 10.7. The molecule has 2 aliphatic heterocycles. The van der Waals surface area contributed by atoms with E-state index in [2.05, 4.69) is 29.2 Å². The Morgan fingerprint density at radius 3 is 2.43 bits per heavy atom. The summed E-state index contributed by atoms with van der Waals surface area (Å²) in [5, 5.41) is 13.3. The molecule has 2 bridgehead atoms. The van der Waals surface area contributed by atoms with Crippen LogP contribution in [0.4, 0.5) is 0 Å². The van der Waals surface area contributed by atoms with Gasteiger partial charge in [0, 0.05) is 17.1 Å². The molecule has 30 heavy (non-hydrogen) atoms. The van der Waals surface area contributed by atoms with E-state index >= 15 is 0 Å². The van der Waals surface area contributed by atoms with Crippen LogP contribution in [0.3, 0.4) is 0 Å². The summed E-state index contributed by atoms with van der Waals surface area (Å²) in [6.07, 6.45) is 7.53. The van der Waals surface area contributed by atoms with Crippen molar-refractivity contribution in [3.8, 4) is 0 Å². The van der Waals surface area contributed by atoms with Crippen molar-refractivity contribution >= 4 is 45.6 Å². The number of nitrogens with zero attached hydrogens (tertiary/aromatic N) is 2. The minimum atomic E-state index is -0.700. The molecule has 2 aromatic carbocycles. The maximum absolute atomic E-state index is 11.3. The van der Waals surface area contributed by atoms with Gasteiger partial charge in [-0.3, -0.25) is 4.90 Å². The molecule has 5 rings (SSSR count). The van der Waals surface area contributed by atoms with E-state index in [1.807, 2.05) is 35.6 Å². The molecule has 0 spiro atoms. The average Bonchev–Trinajstić information content (AvgIpc) is 3.24. The predicted molar refractivity (Wildman–Crippen MR) is 128 cm³/mol. The first-order chi connectivity index (χ1) is 14.1. The zero-order valence-electron chi connectivity index (χ0n) is 17.0. The lowest BCUT2D eigenvalue weighted by Crippen LogP contribution is -2.49. The number of halogens is 2. The predicted octanol–water partition coefficient (Wildman–Crippen LogP) is 6.21. The maximum atomic E-state index is 11.3. The molecule has 1 N–H and O–H groups in total. The number of benzene rings is 2. The molecule has 0 aliphatic carbocycles. The highest BCUT2D eigenvalue weighted by Gasteiger charge is 2.47. The number of unbranched alkanes of at least 4 members (excludes halogenated alkanes) is 1. The Labute approximate surface area is 193 Å². The van der Waals surface area contributed by atoms with E-state index in [-0.39, 0.29) is 12.4 Å². The van der Waals surface area contributed by atoms with Gasteiger partial charge in [-0.1, -0.05) is 35.9 Å². The number of fused-ring (bicyclic) bond motifs is 3. The number of aryl methyl sites for hydroxylation is 1. The molecular formula is C24H28Cl2N2OS. The number of aromatic nitrogens is 1. The summed E-state index contributed by atoms with van der Waals surface area (Å²) < 4.78 is 1.29. The van der Waals surface area contributed by atoms with Crippen molar-refractivity contribution < 1.29 is 5.11 Å². The van der Waals surface area contributed by atoms with Crippen molar-refractivity contribution in [1.82, 2.24) is 9.88 Å². The lowest BCUT2D eigenvalue weighted by atomic mass is 9.80. The Kier molecular flexibility index (Phi) is 6.71. The van der Waals surface area contributed by atoms with Crippen molar-refractivity contribution in [3.05, 3.63) is 64.1 Å². The molecule has 0 saturated carbocycles. The third-order valence-electron chi connectivity index (χ3n) is 6.69. The van der Waals surface area contributed by atoms with Crippen molar-refractivity contribution in [1.29, 1.82) is 0 Å². The zero-order chi connectivity index (χ0) is 19.8. The smallest absolute Gasteiger partial charge is 0.0938 e. The molecule has 2 unspecified atom stereocenters. The van der Waals surface area contributed by atoms with Gasteiger partial charge in [0.2, 0.25) is 0 Å². The van der Waals surface area contributed by atoms with Gasteiger partial charge < -0.3 is 5.11 Å². The van der Waals surface area contributed by atoms with Crippen LogP contribution in [0.1, 0.15) is 49.1 Å². The summed E-state index contributed by atoms with van der Waals surface area (Å²) in [5.41, 5.74) is 1.45. The normalized spacial score (nSPS) is 26.1. The number of rotatable bonds is 6. The van der Waals surface area contributed by atoms with Gasteiger partial charge in [-0.05, 0) is 81.3 Å². The minimum Gasteiger partial charge on any atom is -0.385 e. The summed E-state index contributed by atoms with van der Waals surface area (Å²) in [5.74, 6) is 0. The molecule has 0 amide bonds. The van der Waals surface area contributed by atoms with Gasteiger partial charge in [0.25, 0.3) is 0 Å². The minimum absolute atomic E-state index is 0. The van der Waals surface area contributed by atoms with Gasteiger partial charge in [0.1, 0.15) is 0 Å². The van der Waals surface area contributed by atoms with Crippen molar-refractivity contribution in [3.63, 3.8) is 0 Å². The Hall–Kier alpha value is -1.17. The number of hydrogen-bond acceptors (Lipinski definition) is 4. The fourth-order valence-corrected chi connectivity index (χ4v) is 6.41. The molecular weight excluding hydrogens is 435 g/mol. The topological polar surface area (TPSA) is 36.4 Å². The van der Waals surface area contributed by atoms with Crippen molar-refractivity contribution in [2.75, 3.05) is 6.54 Å². The van der Waals surface area contributed by atoms with Crippen LogP contribution in [-0.2, 0) is 12.0 Å². The first-order valence-corrected chi connectivity index (χ1v) is 11.9. The van der Waals surface area contributed by atoms with Crippen LogP contribution in [0.2, 0.25) is 5.02 Å². The summed E-state index contributed by atoms with van der Waals surface area (Å²) in [7, 11) is 0. The third-order valence-corrected chi connectivity index (χ3v) is 8.04. The van der Waals surface area contributed by atoms with Crippen LogP contribution in [0.5, 0.6) is 0 Å². The monoisotopic (exact) mass is 462 g/mol. The molecule has 2 atom stereocenters. The van der Waals surface area contributed by atoms with E-state index in [0.717, 1.165) is 41.9 Å². The number of aliphatic hydroxyl groups is 1. The van der Waals surface area contributed by atoms with Crippen LogP contribution in [0.25, 0.3) is 10.2 Å². The molecule has 160 valence electrons. The second kappa shape index (κ2) is 9.13. The Morgan fingerprint density at radius 1 is 1.03 bits per heavy atom. The molecule has 2 saturated heterocycles. The second-order valence-electron chi connectivity index (χ2n) is 8.60. The quantitative estimate of drug-likeness (QED) is 0.442. The number of hydrogen-bond donors (Lipinski definition) is 1. The SMILES string of the molecule is Cl.OC1(c2ccc(Cl)cc2)CC2CCC(C1)N2CCCCc1nc2ccccc2s1. The molecule has 1 aromatic heterocycles. The van der Waals surface area contributed by atoms with E-state index in [4.69, 9.17) is 16.6 Å². The van der Waals surface area contributed by atoms with Gasteiger partial charge >= 0.3 is 0 Å². The van der Waals surface area contributed by atoms with E-state index in [1.54, 1.807) is 0 Å². The molecule has 2 aliphatic rings. The molecule has 3 heterocycles. The van der Waals surface area contributed by atoms with E-state index < -0.39 is 5.60 Å². The van der Waals surface area contributed by atoms with Crippen molar-refractivity contribution in [2.24, 2.45) is 0 Å². The van der Waals surface area contributed by atoms with Crippen LogP contribution in [-0.4, -0.2) is 33.6 Å². The fraction of sp³-hybridized carbons (Fsp3) is 0.458. The van der Waals surface area contributed by atoms with Gasteiger partial charge in [0.15, 0.2) is 0 Å². The maximum Gasteiger partial charge on any atom is 0.0938 e. The van der Waals surface area contributed by atoms with Crippen LogP contribution in [0, 0.1) is 0 Å². The van der Waals surface area contributed by atoms with Crippen molar-refractivity contribution in [2.45, 2.75) is 62.6 Å². The number of para-hydroxylation sites is 1. The summed E-state index contributed by atoms with van der Waals surface area (Å²) in [6.45, 7) is 1.14. The molecule has 6 heteroatoms. The van der Waals surface area contributed by atoms with Crippen LogP contribution in [0.15, 0.2) is 48.5 Å². The Morgan fingerprint density at radius 2 is 1.73 bits per heavy atom. The highest BCUT2D eigenvalue weighted by Crippen LogP contribution is 2.45. The lowest BCUT2D eigenvalue weighted by molar-refractivity contribution is -0.0571. The molecule has 2 fully saturated rings. The highest BCUT2D eigenvalue weighted by atomic mass is 35.5.